The van der Waals surface area contributed by atoms with Crippen LogP contribution in [0.15, 0.2) is 67.3 Å². The summed E-state index contributed by atoms with van der Waals surface area (Å²) in [7, 11) is 0. The summed E-state index contributed by atoms with van der Waals surface area (Å²) in [6.07, 6.45) is 4.65. The number of amides is 1. The van der Waals surface area contributed by atoms with E-state index < -0.39 is 5.41 Å². The molecule has 2 heterocycles. The number of nitrogens with one attached hydrogen (secondary N) is 1. The molecule has 0 aliphatic heterocycles. The quantitative estimate of drug-likeness (QED) is 0.459. The molecule has 2 aromatic heterocycles. The monoisotopic (exact) mass is 443 g/mol. The van der Waals surface area contributed by atoms with Crippen molar-refractivity contribution in [2.45, 2.75) is 32.1 Å². The molecule has 2 aromatic carbocycles. The van der Waals surface area contributed by atoms with E-state index in [0.717, 1.165) is 29.8 Å². The van der Waals surface area contributed by atoms with Gasteiger partial charge < -0.3 is 10.1 Å². The molecule has 1 amide bonds. The Bertz CT molecular complexity index is 1310. The van der Waals surface area contributed by atoms with Gasteiger partial charge in [-0.2, -0.15) is 0 Å². The Morgan fingerprint density at radius 2 is 1.76 bits per heavy atom. The Morgan fingerprint density at radius 1 is 1.03 bits per heavy atom. The van der Waals surface area contributed by atoms with Crippen LogP contribution in [-0.2, 0) is 10.2 Å². The van der Waals surface area contributed by atoms with Gasteiger partial charge in [-0.3, -0.25) is 9.36 Å². The molecule has 4 aromatic rings. The lowest BCUT2D eigenvalue weighted by Gasteiger charge is -2.16. The average molecular weight is 443 g/mol. The summed E-state index contributed by atoms with van der Waals surface area (Å²) in [5.74, 6) is 1.25. The van der Waals surface area contributed by atoms with Gasteiger partial charge in [-0.25, -0.2) is 19.3 Å². The fourth-order valence-corrected chi connectivity index (χ4v) is 3.77. The van der Waals surface area contributed by atoms with Crippen LogP contribution in [0.25, 0.3) is 5.82 Å². The van der Waals surface area contributed by atoms with Crippen molar-refractivity contribution in [3.63, 3.8) is 0 Å². The molecule has 1 aliphatic rings. The van der Waals surface area contributed by atoms with Gasteiger partial charge in [0.2, 0.25) is 11.8 Å². The Balaban J connectivity index is 1.27. The van der Waals surface area contributed by atoms with Gasteiger partial charge in [0, 0.05) is 17.4 Å². The van der Waals surface area contributed by atoms with E-state index in [4.69, 9.17) is 4.74 Å². The van der Waals surface area contributed by atoms with E-state index in [1.165, 1.54) is 18.5 Å². The SMILES string of the molecule is Cc1ncn(-c2cc(Oc3ccc(NC(=O)C4(c5ccc(F)cc5)CC4)cc3)ncn2)c1C. The summed E-state index contributed by atoms with van der Waals surface area (Å²) in [6.45, 7) is 3.91. The number of nitrogens with zero attached hydrogens (tertiary/aromatic N) is 4. The molecular weight excluding hydrogens is 421 g/mol. The first-order valence-electron chi connectivity index (χ1n) is 10.6. The molecule has 33 heavy (non-hydrogen) atoms. The van der Waals surface area contributed by atoms with E-state index in [1.54, 1.807) is 48.8 Å². The van der Waals surface area contributed by atoms with E-state index in [9.17, 15) is 9.18 Å². The number of anilines is 1. The number of aryl methyl sites for hydroxylation is 1. The van der Waals surface area contributed by atoms with Crippen molar-refractivity contribution in [1.29, 1.82) is 0 Å². The normalized spacial score (nSPS) is 14.0. The molecule has 0 saturated heterocycles. The molecule has 0 unspecified atom stereocenters. The number of imidazole rings is 1. The summed E-state index contributed by atoms with van der Waals surface area (Å²) in [4.78, 5) is 25.7. The fraction of sp³-hybridized carbons (Fsp3) is 0.200. The smallest absolute Gasteiger partial charge is 0.235 e. The van der Waals surface area contributed by atoms with Crippen LogP contribution in [0.3, 0.4) is 0 Å². The van der Waals surface area contributed by atoms with Gasteiger partial charge in [-0.15, -0.1) is 0 Å². The summed E-state index contributed by atoms with van der Waals surface area (Å²) in [5, 5.41) is 2.96. The van der Waals surface area contributed by atoms with E-state index in [0.29, 0.717) is 23.1 Å². The van der Waals surface area contributed by atoms with Gasteiger partial charge >= 0.3 is 0 Å². The van der Waals surface area contributed by atoms with Crippen LogP contribution >= 0.6 is 0 Å². The number of hydrogen-bond donors (Lipinski definition) is 1. The summed E-state index contributed by atoms with van der Waals surface area (Å²) in [5.41, 5.74) is 2.84. The van der Waals surface area contributed by atoms with Gasteiger partial charge in [0.15, 0.2) is 0 Å². The minimum atomic E-state index is -0.579. The first-order chi connectivity index (χ1) is 15.9. The first kappa shape index (κ1) is 20.8. The van der Waals surface area contributed by atoms with Gasteiger partial charge in [-0.1, -0.05) is 12.1 Å². The Kier molecular flexibility index (Phi) is 5.12. The minimum Gasteiger partial charge on any atom is -0.439 e. The molecule has 0 bridgehead atoms. The third-order valence-corrected chi connectivity index (χ3v) is 6.04. The second-order valence-electron chi connectivity index (χ2n) is 8.17. The van der Waals surface area contributed by atoms with Crippen molar-refractivity contribution >= 4 is 11.6 Å². The third kappa shape index (κ3) is 4.07. The number of halogens is 1. The standard InChI is InChI=1S/C25H22FN5O2/c1-16-17(2)31(15-29-16)22-13-23(28-14-27-22)33-21-9-7-20(8-10-21)30-24(32)25(11-12-25)18-3-5-19(26)6-4-18/h3-10,13-15H,11-12H2,1-2H3,(H,30,32). The number of hydrogen-bond acceptors (Lipinski definition) is 5. The molecule has 1 saturated carbocycles. The highest BCUT2D eigenvalue weighted by Crippen LogP contribution is 2.49. The third-order valence-electron chi connectivity index (χ3n) is 6.04. The van der Waals surface area contributed by atoms with Crippen molar-refractivity contribution in [2.75, 3.05) is 5.32 Å². The maximum atomic E-state index is 13.2. The molecule has 0 atom stereocenters. The molecule has 5 rings (SSSR count). The summed E-state index contributed by atoms with van der Waals surface area (Å²) in [6, 6.07) is 15.0. The summed E-state index contributed by atoms with van der Waals surface area (Å²) >= 11 is 0. The van der Waals surface area contributed by atoms with Crippen molar-refractivity contribution in [3.8, 4) is 17.4 Å². The number of benzene rings is 2. The van der Waals surface area contributed by atoms with Crippen LogP contribution < -0.4 is 10.1 Å². The predicted molar refractivity (Wildman–Crippen MR) is 121 cm³/mol. The highest BCUT2D eigenvalue weighted by atomic mass is 19.1. The molecule has 0 radical (unpaired) electrons. The number of aromatic nitrogens is 4. The van der Waals surface area contributed by atoms with Crippen LogP contribution in [0.4, 0.5) is 10.1 Å². The summed E-state index contributed by atoms with van der Waals surface area (Å²) < 4.78 is 21.0. The zero-order valence-corrected chi connectivity index (χ0v) is 18.2. The van der Waals surface area contributed by atoms with Crippen molar-refractivity contribution < 1.29 is 13.9 Å². The fourth-order valence-electron chi connectivity index (χ4n) is 3.77. The van der Waals surface area contributed by atoms with Crippen LogP contribution in [0.5, 0.6) is 11.6 Å². The number of ether oxygens (including phenoxy) is 1. The highest BCUT2D eigenvalue weighted by Gasteiger charge is 2.51. The van der Waals surface area contributed by atoms with E-state index >= 15 is 0 Å². The van der Waals surface area contributed by atoms with Gasteiger partial charge in [-0.05, 0) is 68.7 Å². The van der Waals surface area contributed by atoms with Crippen LogP contribution in [-0.4, -0.2) is 25.4 Å². The zero-order valence-electron chi connectivity index (χ0n) is 18.2. The van der Waals surface area contributed by atoms with Gasteiger partial charge in [0.25, 0.3) is 0 Å². The number of rotatable bonds is 6. The molecular formula is C25H22FN5O2. The molecule has 1 fully saturated rings. The largest absolute Gasteiger partial charge is 0.439 e. The predicted octanol–water partition coefficient (Wildman–Crippen LogP) is 4.88. The number of carbonyl (C=O) groups is 1. The van der Waals surface area contributed by atoms with Crippen LogP contribution in [0, 0.1) is 19.7 Å². The topological polar surface area (TPSA) is 81.9 Å². The second-order valence-corrected chi connectivity index (χ2v) is 8.17. The van der Waals surface area contributed by atoms with E-state index in [-0.39, 0.29) is 11.7 Å². The highest BCUT2D eigenvalue weighted by molar-refractivity contribution is 6.01. The lowest BCUT2D eigenvalue weighted by molar-refractivity contribution is -0.118. The van der Waals surface area contributed by atoms with Crippen molar-refractivity contribution in [1.82, 2.24) is 19.5 Å². The zero-order chi connectivity index (χ0) is 23.0. The maximum absolute atomic E-state index is 13.2. The second kappa shape index (κ2) is 8.12. The minimum absolute atomic E-state index is 0.0887. The van der Waals surface area contributed by atoms with E-state index in [1.807, 2.05) is 18.4 Å². The van der Waals surface area contributed by atoms with E-state index in [2.05, 4.69) is 20.3 Å². The van der Waals surface area contributed by atoms with Gasteiger partial charge in [0.05, 0.1) is 11.1 Å². The first-order valence-corrected chi connectivity index (χ1v) is 10.6. The van der Waals surface area contributed by atoms with Crippen LogP contribution in [0.2, 0.25) is 0 Å². The lowest BCUT2D eigenvalue weighted by Crippen LogP contribution is -2.27. The molecule has 0 spiro atoms. The number of carbonyl (C=O) groups excluding carboxylic acids is 1. The van der Waals surface area contributed by atoms with Gasteiger partial charge in [0.1, 0.15) is 30.0 Å². The van der Waals surface area contributed by atoms with Crippen molar-refractivity contribution in [2.24, 2.45) is 0 Å². The maximum Gasteiger partial charge on any atom is 0.235 e. The average Bonchev–Trinajstić information content (AvgIpc) is 3.56. The van der Waals surface area contributed by atoms with Crippen LogP contribution in [0.1, 0.15) is 29.8 Å². The lowest BCUT2D eigenvalue weighted by atomic mass is 9.95. The molecule has 1 N–H and O–H groups in total. The molecule has 7 nitrogen and oxygen atoms in total. The van der Waals surface area contributed by atoms with Crippen molar-refractivity contribution in [3.05, 3.63) is 90.0 Å². The Hall–Kier alpha value is -4.07. The molecule has 1 aliphatic carbocycles. The molecule has 166 valence electrons. The molecule has 8 heteroatoms. The Labute approximate surface area is 190 Å². The Morgan fingerprint density at radius 3 is 2.39 bits per heavy atom.